The number of halogens is 1. The fraction of sp³-hybridized carbons (Fsp3) is 0.385. The second kappa shape index (κ2) is 5.97. The van der Waals surface area contributed by atoms with E-state index in [1.165, 1.54) is 12.1 Å². The fourth-order valence-electron chi connectivity index (χ4n) is 1.87. The predicted octanol–water partition coefficient (Wildman–Crippen LogP) is 1.49. The minimum absolute atomic E-state index is 0.0788. The summed E-state index contributed by atoms with van der Waals surface area (Å²) in [5.74, 6) is -0.550. The molecule has 0 bridgehead atoms. The third-order valence-electron chi connectivity index (χ3n) is 2.84. The molecule has 2 rings (SSSR count). The molecule has 19 heavy (non-hydrogen) atoms. The highest BCUT2D eigenvalue weighted by atomic mass is 32.1. The van der Waals surface area contributed by atoms with E-state index in [1.807, 2.05) is 6.92 Å². The van der Waals surface area contributed by atoms with Crippen LogP contribution in [0.3, 0.4) is 0 Å². The predicted molar refractivity (Wildman–Crippen MR) is 72.9 cm³/mol. The van der Waals surface area contributed by atoms with Crippen molar-refractivity contribution in [1.29, 1.82) is 0 Å². The molecule has 6 heteroatoms. The van der Waals surface area contributed by atoms with Crippen molar-refractivity contribution in [1.82, 2.24) is 10.6 Å². The van der Waals surface area contributed by atoms with Gasteiger partial charge in [-0.1, -0.05) is 12.1 Å². The van der Waals surface area contributed by atoms with Crippen LogP contribution in [0.5, 0.6) is 0 Å². The Bertz CT molecular complexity index is 478. The molecule has 2 N–H and O–H groups in total. The quantitative estimate of drug-likeness (QED) is 0.650. The van der Waals surface area contributed by atoms with Crippen molar-refractivity contribution in [2.75, 3.05) is 0 Å². The molecule has 4 nitrogen and oxygen atoms in total. The van der Waals surface area contributed by atoms with Gasteiger partial charge in [-0.2, -0.15) is 0 Å². The Labute approximate surface area is 116 Å². The maximum absolute atomic E-state index is 12.7. The van der Waals surface area contributed by atoms with Crippen LogP contribution in [-0.4, -0.2) is 23.2 Å². The maximum atomic E-state index is 12.7. The molecule has 1 fully saturated rings. The summed E-state index contributed by atoms with van der Waals surface area (Å²) in [6.45, 7) is 2.32. The standard InChI is InChI=1S/C13H15FN2O2S/c1-8-6-11(12(17)18-8)16-13(19)15-7-9-2-4-10(14)5-3-9/h2-5,8,11H,6-7H2,1H3,(H2,15,16,19)/t8-,11-/m1/s1. The van der Waals surface area contributed by atoms with Crippen LogP contribution in [0.4, 0.5) is 4.39 Å². The lowest BCUT2D eigenvalue weighted by Crippen LogP contribution is -2.43. The summed E-state index contributed by atoms with van der Waals surface area (Å²) in [5.41, 5.74) is 0.910. The van der Waals surface area contributed by atoms with Crippen LogP contribution in [0.2, 0.25) is 0 Å². The molecule has 1 saturated heterocycles. The summed E-state index contributed by atoms with van der Waals surface area (Å²) in [6.07, 6.45) is 0.530. The highest BCUT2D eigenvalue weighted by Crippen LogP contribution is 2.13. The van der Waals surface area contributed by atoms with Gasteiger partial charge in [0.2, 0.25) is 0 Å². The van der Waals surface area contributed by atoms with Crippen LogP contribution in [0.25, 0.3) is 0 Å². The molecule has 0 radical (unpaired) electrons. The average molecular weight is 282 g/mol. The number of carbonyl (C=O) groups excluding carboxylic acids is 1. The zero-order valence-corrected chi connectivity index (χ0v) is 11.3. The number of cyclic esters (lactones) is 1. The molecule has 1 aromatic rings. The number of nitrogens with one attached hydrogen (secondary N) is 2. The second-order valence-corrected chi connectivity index (χ2v) is 4.90. The maximum Gasteiger partial charge on any atom is 0.329 e. The Morgan fingerprint density at radius 3 is 2.74 bits per heavy atom. The van der Waals surface area contributed by atoms with E-state index >= 15 is 0 Å². The number of ether oxygens (including phenoxy) is 1. The molecular formula is C13H15FN2O2S. The number of hydrogen-bond acceptors (Lipinski definition) is 3. The summed E-state index contributed by atoms with van der Waals surface area (Å²) >= 11 is 5.10. The van der Waals surface area contributed by atoms with E-state index in [1.54, 1.807) is 12.1 Å². The second-order valence-electron chi connectivity index (χ2n) is 4.49. The van der Waals surface area contributed by atoms with Gasteiger partial charge in [0.15, 0.2) is 5.11 Å². The Kier molecular flexibility index (Phi) is 4.31. The van der Waals surface area contributed by atoms with Gasteiger partial charge in [-0.25, -0.2) is 9.18 Å². The first-order valence-electron chi connectivity index (χ1n) is 6.04. The van der Waals surface area contributed by atoms with Crippen molar-refractivity contribution >= 4 is 23.3 Å². The van der Waals surface area contributed by atoms with Crippen LogP contribution in [0.15, 0.2) is 24.3 Å². The summed E-state index contributed by atoms with van der Waals surface area (Å²) in [5, 5.41) is 6.27. The van der Waals surface area contributed by atoms with E-state index in [0.29, 0.717) is 18.1 Å². The van der Waals surface area contributed by atoms with Crippen LogP contribution in [-0.2, 0) is 16.1 Å². The number of hydrogen-bond donors (Lipinski definition) is 2. The molecular weight excluding hydrogens is 267 g/mol. The Balaban J connectivity index is 1.79. The van der Waals surface area contributed by atoms with Gasteiger partial charge in [-0.05, 0) is 36.8 Å². The number of carbonyl (C=O) groups is 1. The summed E-state index contributed by atoms with van der Waals surface area (Å²) in [6, 6.07) is 5.75. The topological polar surface area (TPSA) is 50.4 Å². The molecule has 102 valence electrons. The summed E-state index contributed by atoms with van der Waals surface area (Å²) < 4.78 is 17.7. The molecule has 1 aliphatic rings. The lowest BCUT2D eigenvalue weighted by Gasteiger charge is -2.13. The number of thiocarbonyl (C=S) groups is 1. The lowest BCUT2D eigenvalue weighted by molar-refractivity contribution is -0.142. The van der Waals surface area contributed by atoms with Crippen molar-refractivity contribution in [2.45, 2.75) is 32.0 Å². The van der Waals surface area contributed by atoms with E-state index in [9.17, 15) is 9.18 Å². The van der Waals surface area contributed by atoms with Crippen molar-refractivity contribution in [2.24, 2.45) is 0 Å². The van der Waals surface area contributed by atoms with Crippen molar-refractivity contribution < 1.29 is 13.9 Å². The minimum Gasteiger partial charge on any atom is -0.461 e. The van der Waals surface area contributed by atoms with E-state index in [-0.39, 0.29) is 23.9 Å². The first kappa shape index (κ1) is 13.7. The summed E-state index contributed by atoms with van der Waals surface area (Å²) in [7, 11) is 0. The summed E-state index contributed by atoms with van der Waals surface area (Å²) in [4.78, 5) is 11.4. The van der Waals surface area contributed by atoms with Gasteiger partial charge in [0, 0.05) is 13.0 Å². The molecule has 2 atom stereocenters. The molecule has 0 unspecified atom stereocenters. The molecule has 1 heterocycles. The van der Waals surface area contributed by atoms with Gasteiger partial charge in [-0.3, -0.25) is 0 Å². The van der Waals surface area contributed by atoms with Gasteiger partial charge in [0.1, 0.15) is 18.0 Å². The molecule has 0 amide bonds. The van der Waals surface area contributed by atoms with Gasteiger partial charge < -0.3 is 15.4 Å². The normalized spacial score (nSPS) is 21.9. The van der Waals surface area contributed by atoms with Crippen molar-refractivity contribution in [3.05, 3.63) is 35.6 Å². The van der Waals surface area contributed by atoms with Crippen LogP contribution in [0.1, 0.15) is 18.9 Å². The molecule has 0 aliphatic carbocycles. The Morgan fingerprint density at radius 2 is 2.16 bits per heavy atom. The smallest absolute Gasteiger partial charge is 0.329 e. The fourth-order valence-corrected chi connectivity index (χ4v) is 2.08. The first-order chi connectivity index (χ1) is 9.04. The molecule has 0 saturated carbocycles. The minimum atomic E-state index is -0.386. The van der Waals surface area contributed by atoms with Crippen molar-refractivity contribution in [3.63, 3.8) is 0 Å². The first-order valence-corrected chi connectivity index (χ1v) is 6.44. The molecule has 1 aromatic carbocycles. The average Bonchev–Trinajstić information content (AvgIpc) is 2.67. The highest BCUT2D eigenvalue weighted by molar-refractivity contribution is 7.80. The number of benzene rings is 1. The van der Waals surface area contributed by atoms with Crippen LogP contribution < -0.4 is 10.6 Å². The third-order valence-corrected chi connectivity index (χ3v) is 3.10. The van der Waals surface area contributed by atoms with Gasteiger partial charge in [0.05, 0.1) is 0 Å². The Morgan fingerprint density at radius 1 is 1.47 bits per heavy atom. The van der Waals surface area contributed by atoms with Crippen LogP contribution >= 0.6 is 12.2 Å². The number of esters is 1. The third kappa shape index (κ3) is 3.89. The SMILES string of the molecule is C[C@@H]1C[C@@H](NC(=S)NCc2ccc(F)cc2)C(=O)O1. The zero-order valence-electron chi connectivity index (χ0n) is 10.5. The lowest BCUT2D eigenvalue weighted by atomic mass is 10.2. The van der Waals surface area contributed by atoms with E-state index in [0.717, 1.165) is 5.56 Å². The van der Waals surface area contributed by atoms with Crippen molar-refractivity contribution in [3.8, 4) is 0 Å². The highest BCUT2D eigenvalue weighted by Gasteiger charge is 2.32. The molecule has 0 spiro atoms. The van der Waals surface area contributed by atoms with E-state index in [2.05, 4.69) is 10.6 Å². The Hall–Kier alpha value is -1.69. The monoisotopic (exact) mass is 282 g/mol. The largest absolute Gasteiger partial charge is 0.461 e. The molecule has 1 aliphatic heterocycles. The van der Waals surface area contributed by atoms with Gasteiger partial charge in [0.25, 0.3) is 0 Å². The molecule has 0 aromatic heterocycles. The zero-order chi connectivity index (χ0) is 13.8. The van der Waals surface area contributed by atoms with E-state index < -0.39 is 0 Å². The number of rotatable bonds is 3. The van der Waals surface area contributed by atoms with E-state index in [4.69, 9.17) is 17.0 Å². The van der Waals surface area contributed by atoms with Crippen LogP contribution in [0, 0.1) is 5.82 Å². The van der Waals surface area contributed by atoms with Gasteiger partial charge >= 0.3 is 5.97 Å². The van der Waals surface area contributed by atoms with Gasteiger partial charge in [-0.15, -0.1) is 0 Å².